The molecule has 30 heavy (non-hydrogen) atoms. The molecule has 7 nitrogen and oxygen atoms in total. The number of benzene rings is 2. The molecule has 4 rings (SSSR count). The molecule has 0 amide bonds. The quantitative estimate of drug-likeness (QED) is 0.448. The van der Waals surface area contributed by atoms with E-state index in [2.05, 4.69) is 20.3 Å². The lowest BCUT2D eigenvalue weighted by molar-refractivity contribution is 0.0790. The van der Waals surface area contributed by atoms with Crippen LogP contribution in [0.2, 0.25) is 0 Å². The number of aromatic nitrogens is 5. The maximum absolute atomic E-state index is 13.4. The first-order valence-electron chi connectivity index (χ1n) is 9.18. The normalized spacial score (nSPS) is 10.9. The maximum Gasteiger partial charge on any atom is 0.322 e. The molecular weight excluding hydrogens is 392 g/mol. The average molecular weight is 409 g/mol. The predicted octanol–water partition coefficient (Wildman–Crippen LogP) is 4.47. The summed E-state index contributed by atoms with van der Waals surface area (Å²) in [6.45, 7) is 2.51. The van der Waals surface area contributed by atoms with Crippen LogP contribution in [0.4, 0.5) is 8.78 Å². The Bertz CT molecular complexity index is 1150. The summed E-state index contributed by atoms with van der Waals surface area (Å²) in [6, 6.07) is 13.3. The topological polar surface area (TPSA) is 75.0 Å². The minimum absolute atomic E-state index is 0.0346. The SMILES string of the molecule is CCOCn1nnc(-c2ccc(F)cc2)c1-c1ccnc(Oc2cccc(F)c2)n1. The van der Waals surface area contributed by atoms with E-state index in [1.165, 1.54) is 36.5 Å². The van der Waals surface area contributed by atoms with Crippen molar-refractivity contribution < 1.29 is 18.3 Å². The Hall–Kier alpha value is -3.72. The molecule has 0 radical (unpaired) electrons. The lowest BCUT2D eigenvalue weighted by Gasteiger charge is -2.09. The second-order valence-electron chi connectivity index (χ2n) is 6.20. The fourth-order valence-electron chi connectivity index (χ4n) is 2.79. The summed E-state index contributed by atoms with van der Waals surface area (Å²) in [4.78, 5) is 8.52. The lowest BCUT2D eigenvalue weighted by atomic mass is 10.1. The van der Waals surface area contributed by atoms with Crippen LogP contribution in [-0.2, 0) is 11.5 Å². The van der Waals surface area contributed by atoms with Crippen LogP contribution in [0.5, 0.6) is 11.8 Å². The molecule has 9 heteroatoms. The molecule has 0 bridgehead atoms. The molecule has 0 aliphatic heterocycles. The van der Waals surface area contributed by atoms with Gasteiger partial charge in [-0.1, -0.05) is 11.3 Å². The molecule has 0 aliphatic rings. The Morgan fingerprint density at radius 2 is 1.83 bits per heavy atom. The van der Waals surface area contributed by atoms with Crippen LogP contribution >= 0.6 is 0 Å². The summed E-state index contributed by atoms with van der Waals surface area (Å²) in [5.41, 5.74) is 2.20. The molecule has 0 spiro atoms. The van der Waals surface area contributed by atoms with Crippen LogP contribution in [0.1, 0.15) is 6.92 Å². The number of halogens is 2. The zero-order valence-corrected chi connectivity index (χ0v) is 16.0. The molecular formula is C21H17F2N5O2. The van der Waals surface area contributed by atoms with E-state index in [-0.39, 0.29) is 24.3 Å². The summed E-state index contributed by atoms with van der Waals surface area (Å²) in [5.74, 6) is -0.511. The van der Waals surface area contributed by atoms with Crippen molar-refractivity contribution in [3.63, 3.8) is 0 Å². The van der Waals surface area contributed by atoms with Gasteiger partial charge in [-0.2, -0.15) is 4.98 Å². The first kappa shape index (κ1) is 19.6. The molecule has 0 atom stereocenters. The van der Waals surface area contributed by atoms with Crippen molar-refractivity contribution >= 4 is 0 Å². The summed E-state index contributed by atoms with van der Waals surface area (Å²) in [6.07, 6.45) is 1.52. The van der Waals surface area contributed by atoms with E-state index in [4.69, 9.17) is 9.47 Å². The highest BCUT2D eigenvalue weighted by Gasteiger charge is 2.19. The van der Waals surface area contributed by atoms with Gasteiger partial charge >= 0.3 is 6.01 Å². The first-order valence-corrected chi connectivity index (χ1v) is 9.18. The number of hydrogen-bond donors (Lipinski definition) is 0. The van der Waals surface area contributed by atoms with Crippen molar-refractivity contribution in [2.24, 2.45) is 0 Å². The molecule has 4 aromatic rings. The molecule has 0 unspecified atom stereocenters. The Kier molecular flexibility index (Phi) is 5.71. The Morgan fingerprint density at radius 1 is 1.00 bits per heavy atom. The van der Waals surface area contributed by atoms with Crippen molar-refractivity contribution in [2.45, 2.75) is 13.7 Å². The standard InChI is InChI=1S/C21H17F2N5O2/c1-2-29-13-28-20(19(26-27-28)14-6-8-15(22)9-7-14)18-10-11-24-21(25-18)30-17-5-3-4-16(23)12-17/h3-12H,2,13H2,1H3. The van der Waals surface area contributed by atoms with E-state index in [1.807, 2.05) is 6.92 Å². The number of rotatable bonds is 7. The van der Waals surface area contributed by atoms with Gasteiger partial charge in [-0.3, -0.25) is 0 Å². The predicted molar refractivity (Wildman–Crippen MR) is 105 cm³/mol. The largest absolute Gasteiger partial charge is 0.424 e. The van der Waals surface area contributed by atoms with Crippen LogP contribution in [0.25, 0.3) is 22.6 Å². The molecule has 2 aromatic carbocycles. The lowest BCUT2D eigenvalue weighted by Crippen LogP contribution is -2.07. The monoisotopic (exact) mass is 409 g/mol. The van der Waals surface area contributed by atoms with Crippen molar-refractivity contribution in [1.29, 1.82) is 0 Å². The maximum atomic E-state index is 13.4. The van der Waals surface area contributed by atoms with Crippen LogP contribution in [-0.4, -0.2) is 31.6 Å². The number of nitrogens with zero attached hydrogens (tertiary/aromatic N) is 5. The molecule has 0 saturated carbocycles. The van der Waals surface area contributed by atoms with Crippen molar-refractivity contribution in [3.05, 3.63) is 72.4 Å². The summed E-state index contributed by atoms with van der Waals surface area (Å²) in [5, 5.41) is 8.38. The molecule has 152 valence electrons. The summed E-state index contributed by atoms with van der Waals surface area (Å²) >= 11 is 0. The van der Waals surface area contributed by atoms with Crippen LogP contribution in [0.15, 0.2) is 60.8 Å². The molecule has 2 aromatic heterocycles. The second-order valence-corrected chi connectivity index (χ2v) is 6.20. The van der Waals surface area contributed by atoms with Gasteiger partial charge in [0, 0.05) is 24.4 Å². The Morgan fingerprint density at radius 3 is 2.60 bits per heavy atom. The highest BCUT2D eigenvalue weighted by molar-refractivity contribution is 5.76. The number of hydrogen-bond acceptors (Lipinski definition) is 6. The third kappa shape index (κ3) is 4.31. The van der Waals surface area contributed by atoms with Crippen molar-refractivity contribution in [3.8, 4) is 34.4 Å². The van der Waals surface area contributed by atoms with Gasteiger partial charge in [0.15, 0.2) is 0 Å². The number of ether oxygens (including phenoxy) is 2. The average Bonchev–Trinajstić information content (AvgIpc) is 3.17. The molecule has 0 fully saturated rings. The van der Waals surface area contributed by atoms with E-state index in [0.717, 1.165) is 0 Å². The van der Waals surface area contributed by atoms with E-state index < -0.39 is 5.82 Å². The molecule has 0 N–H and O–H groups in total. The first-order chi connectivity index (χ1) is 14.6. The van der Waals surface area contributed by atoms with Gasteiger partial charge in [0.2, 0.25) is 0 Å². The molecule has 2 heterocycles. The van der Waals surface area contributed by atoms with E-state index >= 15 is 0 Å². The van der Waals surface area contributed by atoms with Gasteiger partial charge in [-0.15, -0.1) is 5.10 Å². The van der Waals surface area contributed by atoms with E-state index in [9.17, 15) is 8.78 Å². The summed E-state index contributed by atoms with van der Waals surface area (Å²) in [7, 11) is 0. The summed E-state index contributed by atoms with van der Waals surface area (Å²) < 4.78 is 39.4. The fraction of sp³-hybridized carbons (Fsp3) is 0.143. The Labute approximate surface area is 170 Å². The van der Waals surface area contributed by atoms with Gasteiger partial charge in [-0.25, -0.2) is 18.4 Å². The van der Waals surface area contributed by atoms with Crippen LogP contribution in [0, 0.1) is 11.6 Å². The van der Waals surface area contributed by atoms with Gasteiger partial charge in [0.25, 0.3) is 0 Å². The van der Waals surface area contributed by atoms with Crippen LogP contribution in [0.3, 0.4) is 0 Å². The van der Waals surface area contributed by atoms with Gasteiger partial charge in [0.05, 0.1) is 5.69 Å². The van der Waals surface area contributed by atoms with E-state index in [1.54, 1.807) is 28.9 Å². The highest BCUT2D eigenvalue weighted by atomic mass is 19.1. The molecule has 0 aliphatic carbocycles. The zero-order valence-electron chi connectivity index (χ0n) is 16.0. The minimum Gasteiger partial charge on any atom is -0.424 e. The fourth-order valence-corrected chi connectivity index (χ4v) is 2.79. The third-order valence-corrected chi connectivity index (χ3v) is 4.15. The molecule has 0 saturated heterocycles. The third-order valence-electron chi connectivity index (χ3n) is 4.15. The highest BCUT2D eigenvalue weighted by Crippen LogP contribution is 2.30. The van der Waals surface area contributed by atoms with Crippen LogP contribution < -0.4 is 4.74 Å². The van der Waals surface area contributed by atoms with Gasteiger partial charge in [0.1, 0.15) is 35.5 Å². The second kappa shape index (κ2) is 8.75. The van der Waals surface area contributed by atoms with E-state index in [0.29, 0.717) is 29.3 Å². The zero-order chi connectivity index (χ0) is 20.9. The van der Waals surface area contributed by atoms with Gasteiger partial charge < -0.3 is 9.47 Å². The Balaban J connectivity index is 1.74. The smallest absolute Gasteiger partial charge is 0.322 e. The van der Waals surface area contributed by atoms with Crippen molar-refractivity contribution in [1.82, 2.24) is 25.0 Å². The van der Waals surface area contributed by atoms with Crippen molar-refractivity contribution in [2.75, 3.05) is 6.61 Å². The van der Waals surface area contributed by atoms with Gasteiger partial charge in [-0.05, 0) is 49.4 Å². The minimum atomic E-state index is -0.429.